The number of rotatable bonds is 4. The van der Waals surface area contributed by atoms with E-state index in [1.807, 2.05) is 44.2 Å². The highest BCUT2D eigenvalue weighted by atomic mass is 16.2. The van der Waals surface area contributed by atoms with Gasteiger partial charge in [-0.1, -0.05) is 88.1 Å². The molecule has 0 unspecified atom stereocenters. The third kappa shape index (κ3) is 8.04. The molecule has 2 rings (SSSR count). The van der Waals surface area contributed by atoms with E-state index in [0.717, 1.165) is 31.2 Å². The van der Waals surface area contributed by atoms with E-state index in [2.05, 4.69) is 5.32 Å². The van der Waals surface area contributed by atoms with E-state index >= 15 is 0 Å². The molecule has 1 aromatic carbocycles. The number of hydrogen-bond donors (Lipinski definition) is 1. The van der Waals surface area contributed by atoms with Gasteiger partial charge in [-0.25, -0.2) is 0 Å². The lowest BCUT2D eigenvalue weighted by molar-refractivity contribution is -0.147. The molecule has 4 nitrogen and oxygen atoms in total. The molecule has 0 radical (unpaired) electrons. The maximum atomic E-state index is 12.9. The van der Waals surface area contributed by atoms with Crippen molar-refractivity contribution < 1.29 is 9.59 Å². The second-order valence-electron chi connectivity index (χ2n) is 8.44. The first kappa shape index (κ1) is 22.4. The van der Waals surface area contributed by atoms with Crippen molar-refractivity contribution in [1.82, 2.24) is 10.2 Å². The second kappa shape index (κ2) is 12.6. The molecule has 1 fully saturated rings. The van der Waals surface area contributed by atoms with Gasteiger partial charge in [0.05, 0.1) is 0 Å². The molecule has 0 saturated heterocycles. The molecule has 0 heterocycles. The number of hydrogen-bond acceptors (Lipinski definition) is 2. The van der Waals surface area contributed by atoms with Gasteiger partial charge in [0.2, 0.25) is 0 Å². The molecule has 1 N–H and O–H groups in total. The molecule has 1 aliphatic rings. The minimum atomic E-state index is -0.443. The van der Waals surface area contributed by atoms with Gasteiger partial charge in [0, 0.05) is 18.6 Å². The topological polar surface area (TPSA) is 49.4 Å². The molecule has 1 aromatic rings. The lowest BCUT2D eigenvalue weighted by Crippen LogP contribution is -2.48. The van der Waals surface area contributed by atoms with Gasteiger partial charge >= 0.3 is 11.8 Å². The smallest absolute Gasteiger partial charge is 0.312 e. The number of benzene rings is 1. The van der Waals surface area contributed by atoms with Gasteiger partial charge in [0.15, 0.2) is 0 Å². The van der Waals surface area contributed by atoms with E-state index in [0.29, 0.717) is 6.54 Å². The van der Waals surface area contributed by atoms with Crippen molar-refractivity contribution in [3.05, 3.63) is 35.9 Å². The average Bonchev–Trinajstić information content (AvgIpc) is 2.68. The van der Waals surface area contributed by atoms with Crippen LogP contribution in [0.15, 0.2) is 30.3 Å². The van der Waals surface area contributed by atoms with Crippen molar-refractivity contribution in [2.24, 2.45) is 0 Å². The van der Waals surface area contributed by atoms with E-state index < -0.39 is 11.8 Å². The molecule has 156 valence electrons. The first-order valence-corrected chi connectivity index (χ1v) is 11.2. The van der Waals surface area contributed by atoms with E-state index in [-0.39, 0.29) is 12.1 Å². The lowest BCUT2D eigenvalue weighted by atomic mass is 9.98. The van der Waals surface area contributed by atoms with Crippen molar-refractivity contribution in [1.29, 1.82) is 0 Å². The van der Waals surface area contributed by atoms with Crippen LogP contribution >= 0.6 is 0 Å². The van der Waals surface area contributed by atoms with Crippen LogP contribution in [0.3, 0.4) is 0 Å². The number of carbonyl (C=O) groups is 2. The SMILES string of the molecule is CC(C)N(Cc1ccccc1)C(=O)C(=O)NC1CCCCCCCCCCC1. The van der Waals surface area contributed by atoms with Crippen LogP contribution in [0, 0.1) is 0 Å². The van der Waals surface area contributed by atoms with Crippen molar-refractivity contribution in [2.75, 3.05) is 0 Å². The second-order valence-corrected chi connectivity index (χ2v) is 8.44. The number of amides is 2. The standard InChI is InChI=1S/C24H38N2O2/c1-20(2)26(19-21-15-11-10-12-16-21)24(28)23(27)25-22-17-13-8-6-4-3-5-7-9-14-18-22/h10-12,15-16,20,22H,3-9,13-14,17-19H2,1-2H3,(H,25,27). The zero-order valence-electron chi connectivity index (χ0n) is 17.8. The van der Waals surface area contributed by atoms with Crippen LogP contribution in [0.1, 0.15) is 90.0 Å². The van der Waals surface area contributed by atoms with Crippen molar-refractivity contribution >= 4 is 11.8 Å². The van der Waals surface area contributed by atoms with Gasteiger partial charge < -0.3 is 10.2 Å². The first-order chi connectivity index (χ1) is 13.6. The highest BCUT2D eigenvalue weighted by molar-refractivity contribution is 6.35. The Morgan fingerprint density at radius 3 is 1.89 bits per heavy atom. The molecule has 1 aliphatic carbocycles. The summed E-state index contributed by atoms with van der Waals surface area (Å²) in [6.07, 6.45) is 13.3. The summed E-state index contributed by atoms with van der Waals surface area (Å²) in [6.45, 7) is 4.39. The fourth-order valence-electron chi connectivity index (χ4n) is 3.95. The quantitative estimate of drug-likeness (QED) is 0.722. The predicted octanol–water partition coefficient (Wildman–Crippen LogP) is 5.21. The van der Waals surface area contributed by atoms with E-state index in [4.69, 9.17) is 0 Å². The largest absolute Gasteiger partial charge is 0.345 e. The fourth-order valence-corrected chi connectivity index (χ4v) is 3.95. The van der Waals surface area contributed by atoms with Gasteiger partial charge in [-0.3, -0.25) is 9.59 Å². The zero-order valence-corrected chi connectivity index (χ0v) is 17.8. The Hall–Kier alpha value is -1.84. The van der Waals surface area contributed by atoms with Gasteiger partial charge in [-0.15, -0.1) is 0 Å². The summed E-state index contributed by atoms with van der Waals surface area (Å²) in [5.41, 5.74) is 1.04. The molecular formula is C24H38N2O2. The van der Waals surface area contributed by atoms with Gasteiger partial charge in [-0.2, -0.15) is 0 Å². The minimum Gasteiger partial charge on any atom is -0.345 e. The van der Waals surface area contributed by atoms with Gasteiger partial charge in [0.1, 0.15) is 0 Å². The third-order valence-electron chi connectivity index (χ3n) is 5.71. The normalized spacial score (nSPS) is 17.4. The summed E-state index contributed by atoms with van der Waals surface area (Å²) in [5, 5.41) is 3.06. The summed E-state index contributed by atoms with van der Waals surface area (Å²) < 4.78 is 0. The summed E-state index contributed by atoms with van der Waals surface area (Å²) >= 11 is 0. The van der Waals surface area contributed by atoms with Crippen LogP contribution in [0.25, 0.3) is 0 Å². The van der Waals surface area contributed by atoms with Crippen LogP contribution in [0.5, 0.6) is 0 Å². The van der Waals surface area contributed by atoms with Crippen molar-refractivity contribution in [2.45, 2.75) is 103 Å². The van der Waals surface area contributed by atoms with Gasteiger partial charge in [0.25, 0.3) is 0 Å². The average molecular weight is 387 g/mol. The number of nitrogens with zero attached hydrogens (tertiary/aromatic N) is 1. The van der Waals surface area contributed by atoms with Crippen LogP contribution in [-0.2, 0) is 16.1 Å². The number of carbonyl (C=O) groups excluding carboxylic acids is 2. The molecule has 0 aromatic heterocycles. The molecule has 0 bridgehead atoms. The Labute approximate surface area is 171 Å². The van der Waals surface area contributed by atoms with Gasteiger partial charge in [-0.05, 0) is 32.3 Å². The van der Waals surface area contributed by atoms with Crippen LogP contribution < -0.4 is 5.32 Å². The molecule has 1 saturated carbocycles. The first-order valence-electron chi connectivity index (χ1n) is 11.2. The van der Waals surface area contributed by atoms with Crippen LogP contribution in [-0.4, -0.2) is 28.8 Å². The Morgan fingerprint density at radius 2 is 1.39 bits per heavy atom. The lowest BCUT2D eigenvalue weighted by Gasteiger charge is -2.27. The molecule has 0 spiro atoms. The highest BCUT2D eigenvalue weighted by Gasteiger charge is 2.26. The third-order valence-corrected chi connectivity index (χ3v) is 5.71. The van der Waals surface area contributed by atoms with Crippen molar-refractivity contribution in [3.8, 4) is 0 Å². The summed E-state index contributed by atoms with van der Waals surface area (Å²) in [5.74, 6) is -0.855. The number of nitrogens with one attached hydrogen (secondary N) is 1. The van der Waals surface area contributed by atoms with Crippen LogP contribution in [0.4, 0.5) is 0 Å². The van der Waals surface area contributed by atoms with Crippen LogP contribution in [0.2, 0.25) is 0 Å². The summed E-state index contributed by atoms with van der Waals surface area (Å²) in [6, 6.07) is 9.98. The fraction of sp³-hybridized carbons (Fsp3) is 0.667. The monoisotopic (exact) mass is 386 g/mol. The molecular weight excluding hydrogens is 348 g/mol. The summed E-state index contributed by atoms with van der Waals surface area (Å²) in [7, 11) is 0. The van der Waals surface area contributed by atoms with E-state index in [1.165, 1.54) is 44.9 Å². The maximum Gasteiger partial charge on any atom is 0.312 e. The highest BCUT2D eigenvalue weighted by Crippen LogP contribution is 2.17. The minimum absolute atomic E-state index is 0.0187. The molecule has 0 atom stereocenters. The zero-order chi connectivity index (χ0) is 20.2. The predicted molar refractivity (Wildman–Crippen MR) is 115 cm³/mol. The maximum absolute atomic E-state index is 12.9. The van der Waals surface area contributed by atoms with E-state index in [1.54, 1.807) is 4.90 Å². The summed E-state index contributed by atoms with van der Waals surface area (Å²) in [4.78, 5) is 27.2. The molecule has 2 amide bonds. The van der Waals surface area contributed by atoms with Crippen molar-refractivity contribution in [3.63, 3.8) is 0 Å². The Bertz CT molecular complexity index is 574. The van der Waals surface area contributed by atoms with E-state index in [9.17, 15) is 9.59 Å². The Morgan fingerprint density at radius 1 is 0.893 bits per heavy atom. The Balaban J connectivity index is 1.93. The molecule has 0 aliphatic heterocycles. The molecule has 28 heavy (non-hydrogen) atoms. The Kier molecular flexibility index (Phi) is 10.1. The molecule has 4 heteroatoms.